The molecule has 1 amide bonds. The highest BCUT2D eigenvalue weighted by Gasteiger charge is 2.15. The Morgan fingerprint density at radius 3 is 2.60 bits per heavy atom. The molecule has 3 rings (SSSR count). The second-order valence-electron chi connectivity index (χ2n) is 5.81. The Bertz CT molecular complexity index is 848. The minimum Gasteiger partial charge on any atom is -0.395 e. The zero-order valence-electron chi connectivity index (χ0n) is 13.8. The summed E-state index contributed by atoms with van der Waals surface area (Å²) < 4.78 is 1.76. The molecule has 0 bridgehead atoms. The van der Waals surface area contributed by atoms with Gasteiger partial charge in [0.15, 0.2) is 5.15 Å². The molecule has 3 aromatic rings. The van der Waals surface area contributed by atoms with Gasteiger partial charge in [-0.25, -0.2) is 0 Å². The number of aliphatic hydroxyl groups excluding tert-OH is 1. The molecule has 130 valence electrons. The van der Waals surface area contributed by atoms with E-state index in [9.17, 15) is 9.90 Å². The molecule has 0 atom stereocenters. The van der Waals surface area contributed by atoms with E-state index in [1.54, 1.807) is 9.58 Å². The summed E-state index contributed by atoms with van der Waals surface area (Å²) in [6.07, 6.45) is 0.300. The van der Waals surface area contributed by atoms with Crippen LogP contribution in [-0.4, -0.2) is 38.8 Å². The summed E-state index contributed by atoms with van der Waals surface area (Å²) in [4.78, 5) is 14.3. The fourth-order valence-electron chi connectivity index (χ4n) is 2.83. The lowest BCUT2D eigenvalue weighted by molar-refractivity contribution is -0.132. The average Bonchev–Trinajstić information content (AvgIpc) is 2.96. The van der Waals surface area contributed by atoms with E-state index in [2.05, 4.69) is 5.10 Å². The smallest absolute Gasteiger partial charge is 0.224 e. The van der Waals surface area contributed by atoms with Crippen molar-refractivity contribution in [1.29, 1.82) is 0 Å². The summed E-state index contributed by atoms with van der Waals surface area (Å²) >= 11 is 6.15. The molecular formula is C19H20ClN3O2. The maximum absolute atomic E-state index is 12.6. The van der Waals surface area contributed by atoms with E-state index in [1.807, 2.05) is 54.6 Å². The first-order chi connectivity index (χ1) is 12.2. The first-order valence-electron chi connectivity index (χ1n) is 8.22. The van der Waals surface area contributed by atoms with E-state index in [0.717, 1.165) is 16.5 Å². The van der Waals surface area contributed by atoms with E-state index < -0.39 is 0 Å². The number of carbonyl (C=O) groups is 1. The summed E-state index contributed by atoms with van der Waals surface area (Å²) in [5, 5.41) is 14.9. The number of hydrogen-bond acceptors (Lipinski definition) is 3. The number of benzene rings is 2. The van der Waals surface area contributed by atoms with Gasteiger partial charge in [0.05, 0.1) is 18.7 Å². The first kappa shape index (κ1) is 17.5. The molecule has 0 aliphatic carbocycles. The Hall–Kier alpha value is -2.37. The highest BCUT2D eigenvalue weighted by Crippen LogP contribution is 2.22. The number of fused-ring (bicyclic) bond motifs is 1. The molecule has 0 unspecified atom stereocenters. The van der Waals surface area contributed by atoms with Crippen molar-refractivity contribution in [2.24, 2.45) is 0 Å². The van der Waals surface area contributed by atoms with Crippen LogP contribution in [0.4, 0.5) is 0 Å². The molecular weight excluding hydrogens is 338 g/mol. The predicted octanol–water partition coefficient (Wildman–Crippen LogP) is 3.10. The second kappa shape index (κ2) is 8.14. The summed E-state index contributed by atoms with van der Waals surface area (Å²) in [6, 6.07) is 17.4. The Labute approximate surface area is 151 Å². The van der Waals surface area contributed by atoms with Gasteiger partial charge in [-0.1, -0.05) is 54.1 Å². The van der Waals surface area contributed by atoms with Crippen molar-refractivity contribution < 1.29 is 9.90 Å². The second-order valence-corrected chi connectivity index (χ2v) is 6.16. The van der Waals surface area contributed by atoms with Gasteiger partial charge in [-0.05, 0) is 17.7 Å². The minimum absolute atomic E-state index is 0.0198. The van der Waals surface area contributed by atoms with Crippen LogP contribution < -0.4 is 0 Å². The Morgan fingerprint density at radius 1 is 1.12 bits per heavy atom. The summed E-state index contributed by atoms with van der Waals surface area (Å²) in [6.45, 7) is 1.19. The number of halogens is 1. The third-order valence-corrected chi connectivity index (χ3v) is 4.37. The van der Waals surface area contributed by atoms with Gasteiger partial charge in [0.1, 0.15) is 0 Å². The number of amides is 1. The number of hydrogen-bond donors (Lipinski definition) is 1. The number of carbonyl (C=O) groups excluding carboxylic acids is 1. The Morgan fingerprint density at radius 2 is 1.84 bits per heavy atom. The topological polar surface area (TPSA) is 58.4 Å². The van der Waals surface area contributed by atoms with Crippen LogP contribution in [-0.2, 0) is 17.9 Å². The third-order valence-electron chi connectivity index (χ3n) is 4.09. The molecule has 1 aromatic heterocycles. The summed E-state index contributed by atoms with van der Waals surface area (Å²) in [7, 11) is 0. The maximum Gasteiger partial charge on any atom is 0.224 e. The van der Waals surface area contributed by atoms with Gasteiger partial charge in [0, 0.05) is 24.9 Å². The molecule has 6 heteroatoms. The highest BCUT2D eigenvalue weighted by atomic mass is 35.5. The first-order valence-corrected chi connectivity index (χ1v) is 8.60. The molecule has 0 saturated carbocycles. The normalized spacial score (nSPS) is 11.0. The van der Waals surface area contributed by atoms with Gasteiger partial charge in [-0.15, -0.1) is 0 Å². The quantitative estimate of drug-likeness (QED) is 0.706. The van der Waals surface area contributed by atoms with Crippen LogP contribution in [0, 0.1) is 0 Å². The molecule has 5 nitrogen and oxygen atoms in total. The van der Waals surface area contributed by atoms with E-state index in [4.69, 9.17) is 11.6 Å². The number of para-hydroxylation sites is 1. The van der Waals surface area contributed by atoms with Crippen molar-refractivity contribution in [2.75, 3.05) is 13.2 Å². The van der Waals surface area contributed by atoms with Crippen LogP contribution in [0.5, 0.6) is 0 Å². The monoisotopic (exact) mass is 357 g/mol. The van der Waals surface area contributed by atoms with Crippen LogP contribution in [0.1, 0.15) is 12.0 Å². The lowest BCUT2D eigenvalue weighted by atomic mass is 10.2. The van der Waals surface area contributed by atoms with Crippen molar-refractivity contribution in [1.82, 2.24) is 14.7 Å². The molecule has 2 aromatic carbocycles. The Balaban J connectivity index is 1.68. The molecule has 0 fully saturated rings. The molecule has 0 saturated heterocycles. The number of rotatable bonds is 7. The zero-order chi connectivity index (χ0) is 17.6. The highest BCUT2D eigenvalue weighted by molar-refractivity contribution is 6.34. The van der Waals surface area contributed by atoms with Crippen LogP contribution in [0.2, 0.25) is 5.15 Å². The fourth-order valence-corrected chi connectivity index (χ4v) is 3.08. The summed E-state index contributed by atoms with van der Waals surface area (Å²) in [5.41, 5.74) is 1.95. The average molecular weight is 358 g/mol. The fraction of sp³-hybridized carbons (Fsp3) is 0.263. The molecule has 0 aliphatic heterocycles. The molecule has 0 aliphatic rings. The largest absolute Gasteiger partial charge is 0.395 e. The molecule has 1 heterocycles. The lowest BCUT2D eigenvalue weighted by Gasteiger charge is -2.22. The standard InChI is InChI=1S/C19H20ClN3O2/c20-19-16-8-4-5-9-17(16)23(21-19)11-10-18(25)22(12-13-24)14-15-6-2-1-3-7-15/h1-9,24H,10-14H2. The third kappa shape index (κ3) is 4.18. The van der Waals surface area contributed by atoms with Crippen molar-refractivity contribution in [3.63, 3.8) is 0 Å². The van der Waals surface area contributed by atoms with Crippen LogP contribution >= 0.6 is 11.6 Å². The van der Waals surface area contributed by atoms with Crippen LogP contribution in [0.15, 0.2) is 54.6 Å². The van der Waals surface area contributed by atoms with Gasteiger partial charge in [0.25, 0.3) is 0 Å². The Kier molecular flexibility index (Phi) is 5.68. The van der Waals surface area contributed by atoms with Crippen molar-refractivity contribution >= 4 is 28.4 Å². The van der Waals surface area contributed by atoms with E-state index in [0.29, 0.717) is 31.2 Å². The van der Waals surface area contributed by atoms with Crippen molar-refractivity contribution in [3.05, 3.63) is 65.3 Å². The van der Waals surface area contributed by atoms with Crippen molar-refractivity contribution in [2.45, 2.75) is 19.5 Å². The predicted molar refractivity (Wildman–Crippen MR) is 98.3 cm³/mol. The molecule has 25 heavy (non-hydrogen) atoms. The van der Waals surface area contributed by atoms with Gasteiger partial charge in [-0.3, -0.25) is 9.48 Å². The zero-order valence-corrected chi connectivity index (χ0v) is 14.6. The van der Waals surface area contributed by atoms with Gasteiger partial charge in [-0.2, -0.15) is 5.10 Å². The van der Waals surface area contributed by atoms with Gasteiger partial charge >= 0.3 is 0 Å². The molecule has 0 radical (unpaired) electrons. The maximum atomic E-state index is 12.6. The SMILES string of the molecule is O=C(CCn1nc(Cl)c2ccccc21)N(CCO)Cc1ccccc1. The lowest BCUT2D eigenvalue weighted by Crippen LogP contribution is -2.33. The number of nitrogens with zero attached hydrogens (tertiary/aromatic N) is 3. The molecule has 1 N–H and O–H groups in total. The number of aryl methyl sites for hydroxylation is 1. The number of aliphatic hydroxyl groups is 1. The number of aromatic nitrogens is 2. The van der Waals surface area contributed by atoms with E-state index in [1.165, 1.54) is 0 Å². The van der Waals surface area contributed by atoms with Crippen LogP contribution in [0.3, 0.4) is 0 Å². The molecule has 0 spiro atoms. The van der Waals surface area contributed by atoms with E-state index >= 15 is 0 Å². The summed E-state index contributed by atoms with van der Waals surface area (Å²) in [5.74, 6) is -0.0198. The van der Waals surface area contributed by atoms with Gasteiger partial charge < -0.3 is 10.0 Å². The van der Waals surface area contributed by atoms with E-state index in [-0.39, 0.29) is 12.5 Å². The van der Waals surface area contributed by atoms with Gasteiger partial charge in [0.2, 0.25) is 5.91 Å². The van der Waals surface area contributed by atoms with Crippen molar-refractivity contribution in [3.8, 4) is 0 Å². The minimum atomic E-state index is -0.0604. The van der Waals surface area contributed by atoms with Crippen LogP contribution in [0.25, 0.3) is 10.9 Å².